The van der Waals surface area contributed by atoms with Crippen LogP contribution >= 0.6 is 0 Å². The Labute approximate surface area is 170 Å². The number of fused-ring (bicyclic) bond motifs is 5. The third-order valence-corrected chi connectivity index (χ3v) is 10.3. The second-order valence-corrected chi connectivity index (χ2v) is 12.0. The fourth-order valence-corrected chi connectivity index (χ4v) is 8.90. The first kappa shape index (κ1) is 20.0. The zero-order valence-corrected chi connectivity index (χ0v) is 19.0. The lowest BCUT2D eigenvalue weighted by molar-refractivity contribution is -0.112. The van der Waals surface area contributed by atoms with Gasteiger partial charge >= 0.3 is 0 Å². The Bertz CT molecular complexity index is 544. The van der Waals surface area contributed by atoms with E-state index in [-0.39, 0.29) is 0 Å². The Balaban J connectivity index is 1.50. The smallest absolute Gasteiger partial charge is 0.0228 e. The predicted molar refractivity (Wildman–Crippen MR) is 118 cm³/mol. The Kier molecular flexibility index (Phi) is 5.59. The standard InChI is InChI=1S/C27H46/c1-19(2)9-8-10-20(3)23-14-15-24-22-13-12-21-11-6-7-17-26(21,4)25(22)16-18-27(23,24)5/h8,10,19-25H,6-7,9,11-18H2,1-5H3/t20-,21?,22+,23-,24+,25+,26+,27-/m1/s1. The summed E-state index contributed by atoms with van der Waals surface area (Å²) in [6.07, 6.45) is 21.7. The second kappa shape index (κ2) is 7.53. The third-order valence-electron chi connectivity index (χ3n) is 10.3. The van der Waals surface area contributed by atoms with Gasteiger partial charge in [0.15, 0.2) is 0 Å². The molecule has 0 saturated heterocycles. The molecule has 0 aromatic rings. The third kappa shape index (κ3) is 3.36. The van der Waals surface area contributed by atoms with Crippen molar-refractivity contribution in [1.82, 2.24) is 0 Å². The summed E-state index contributed by atoms with van der Waals surface area (Å²) in [6, 6.07) is 0. The lowest BCUT2D eigenvalue weighted by Crippen LogP contribution is -2.53. The second-order valence-electron chi connectivity index (χ2n) is 12.0. The van der Waals surface area contributed by atoms with Gasteiger partial charge in [0.1, 0.15) is 0 Å². The summed E-state index contributed by atoms with van der Waals surface area (Å²) in [7, 11) is 0. The van der Waals surface area contributed by atoms with Crippen LogP contribution in [0.4, 0.5) is 0 Å². The van der Waals surface area contributed by atoms with Crippen molar-refractivity contribution in [3.8, 4) is 0 Å². The SMILES string of the molecule is CC(C)CC=C[C@@H](C)[C@H]1CC[C@H]2[C@@H]3CCC4CCCC[C@]4(C)[C@H]3CC[C@]12C. The zero-order chi connectivity index (χ0) is 19.2. The number of hydrogen-bond acceptors (Lipinski definition) is 0. The molecule has 4 aliphatic carbocycles. The molecular weight excluding hydrogens is 324 g/mol. The van der Waals surface area contributed by atoms with Crippen molar-refractivity contribution < 1.29 is 0 Å². The highest BCUT2D eigenvalue weighted by atomic mass is 14.6. The van der Waals surface area contributed by atoms with Crippen LogP contribution in [-0.4, -0.2) is 0 Å². The van der Waals surface area contributed by atoms with Gasteiger partial charge < -0.3 is 0 Å². The first-order valence-electron chi connectivity index (χ1n) is 12.5. The van der Waals surface area contributed by atoms with Crippen LogP contribution < -0.4 is 0 Å². The molecule has 8 atom stereocenters. The highest BCUT2D eigenvalue weighted by Crippen LogP contribution is 2.68. The van der Waals surface area contributed by atoms with Gasteiger partial charge in [-0.05, 0) is 110 Å². The summed E-state index contributed by atoms with van der Waals surface area (Å²) < 4.78 is 0. The molecule has 0 heteroatoms. The highest BCUT2D eigenvalue weighted by molar-refractivity contribution is 5.10. The van der Waals surface area contributed by atoms with Gasteiger partial charge in [-0.25, -0.2) is 0 Å². The summed E-state index contributed by atoms with van der Waals surface area (Å²) in [6.45, 7) is 12.6. The molecule has 0 nitrogen and oxygen atoms in total. The van der Waals surface area contributed by atoms with Gasteiger partial charge in [-0.1, -0.05) is 59.6 Å². The van der Waals surface area contributed by atoms with Gasteiger partial charge in [0.25, 0.3) is 0 Å². The van der Waals surface area contributed by atoms with Crippen LogP contribution in [-0.2, 0) is 0 Å². The van der Waals surface area contributed by atoms with Crippen LogP contribution in [0.3, 0.4) is 0 Å². The Morgan fingerprint density at radius 1 is 0.815 bits per heavy atom. The minimum atomic E-state index is 0.626. The molecule has 4 aliphatic rings. The minimum absolute atomic E-state index is 0.626. The maximum Gasteiger partial charge on any atom is -0.0228 e. The molecule has 0 heterocycles. The summed E-state index contributed by atoms with van der Waals surface area (Å²) in [4.78, 5) is 0. The van der Waals surface area contributed by atoms with Crippen molar-refractivity contribution in [2.45, 2.75) is 105 Å². The summed E-state index contributed by atoms with van der Waals surface area (Å²) in [5.41, 5.74) is 1.32. The quantitative estimate of drug-likeness (QED) is 0.437. The van der Waals surface area contributed by atoms with E-state index in [1.54, 1.807) is 32.1 Å². The molecule has 0 N–H and O–H groups in total. The summed E-state index contributed by atoms with van der Waals surface area (Å²) in [5, 5.41) is 0. The van der Waals surface area contributed by atoms with Crippen molar-refractivity contribution in [3.63, 3.8) is 0 Å². The average Bonchev–Trinajstić information content (AvgIpc) is 2.98. The van der Waals surface area contributed by atoms with Crippen LogP contribution in [0.2, 0.25) is 0 Å². The van der Waals surface area contributed by atoms with Crippen LogP contribution in [0.1, 0.15) is 105 Å². The summed E-state index contributed by atoms with van der Waals surface area (Å²) >= 11 is 0. The molecule has 0 spiro atoms. The van der Waals surface area contributed by atoms with Crippen molar-refractivity contribution in [1.29, 1.82) is 0 Å². The molecule has 4 rings (SSSR count). The number of hydrogen-bond donors (Lipinski definition) is 0. The van der Waals surface area contributed by atoms with E-state index in [1.807, 2.05) is 0 Å². The van der Waals surface area contributed by atoms with E-state index in [0.717, 1.165) is 41.4 Å². The van der Waals surface area contributed by atoms with Gasteiger partial charge in [0.05, 0.1) is 0 Å². The van der Waals surface area contributed by atoms with E-state index in [2.05, 4.69) is 46.8 Å². The predicted octanol–water partition coefficient (Wildman–Crippen LogP) is 8.27. The van der Waals surface area contributed by atoms with Crippen molar-refractivity contribution in [2.75, 3.05) is 0 Å². The van der Waals surface area contributed by atoms with E-state index in [0.29, 0.717) is 10.8 Å². The van der Waals surface area contributed by atoms with Crippen LogP contribution in [0.5, 0.6) is 0 Å². The highest BCUT2D eigenvalue weighted by Gasteiger charge is 2.59. The van der Waals surface area contributed by atoms with Gasteiger partial charge in [0.2, 0.25) is 0 Å². The molecule has 4 fully saturated rings. The molecular formula is C27H46. The van der Waals surface area contributed by atoms with E-state index in [9.17, 15) is 0 Å². The molecule has 0 amide bonds. The maximum absolute atomic E-state index is 2.72. The van der Waals surface area contributed by atoms with Crippen LogP contribution in [0.25, 0.3) is 0 Å². The van der Waals surface area contributed by atoms with Gasteiger partial charge in [-0.15, -0.1) is 0 Å². The Hall–Kier alpha value is -0.260. The molecule has 27 heavy (non-hydrogen) atoms. The number of allylic oxidation sites excluding steroid dienone is 2. The largest absolute Gasteiger partial charge is 0.0880 e. The monoisotopic (exact) mass is 370 g/mol. The van der Waals surface area contributed by atoms with E-state index in [4.69, 9.17) is 0 Å². The molecule has 154 valence electrons. The van der Waals surface area contributed by atoms with E-state index < -0.39 is 0 Å². The minimum Gasteiger partial charge on any atom is -0.0880 e. The maximum atomic E-state index is 2.72. The van der Waals surface area contributed by atoms with E-state index in [1.165, 1.54) is 38.5 Å². The van der Waals surface area contributed by atoms with Crippen molar-refractivity contribution in [3.05, 3.63) is 12.2 Å². The van der Waals surface area contributed by atoms with Crippen molar-refractivity contribution in [2.24, 2.45) is 52.3 Å². The molecule has 0 aromatic heterocycles. The average molecular weight is 371 g/mol. The molecule has 0 aromatic carbocycles. The van der Waals surface area contributed by atoms with Crippen LogP contribution in [0, 0.1) is 52.3 Å². The lowest BCUT2D eigenvalue weighted by Gasteiger charge is -2.60. The lowest BCUT2D eigenvalue weighted by atomic mass is 9.44. The summed E-state index contributed by atoms with van der Waals surface area (Å²) in [5.74, 6) is 6.71. The molecule has 1 unspecified atom stereocenters. The fourth-order valence-electron chi connectivity index (χ4n) is 8.90. The van der Waals surface area contributed by atoms with Gasteiger partial charge in [0, 0.05) is 0 Å². The Morgan fingerprint density at radius 2 is 1.59 bits per heavy atom. The molecule has 4 saturated carbocycles. The topological polar surface area (TPSA) is 0 Å². The van der Waals surface area contributed by atoms with Crippen LogP contribution in [0.15, 0.2) is 12.2 Å². The molecule has 0 bridgehead atoms. The fraction of sp³-hybridized carbons (Fsp3) is 0.926. The first-order chi connectivity index (χ1) is 12.9. The van der Waals surface area contributed by atoms with E-state index >= 15 is 0 Å². The number of rotatable bonds is 4. The van der Waals surface area contributed by atoms with Gasteiger partial charge in [-0.2, -0.15) is 0 Å². The zero-order valence-electron chi connectivity index (χ0n) is 19.0. The van der Waals surface area contributed by atoms with Crippen molar-refractivity contribution >= 4 is 0 Å². The molecule has 0 aliphatic heterocycles. The Morgan fingerprint density at radius 3 is 2.37 bits per heavy atom. The molecule has 0 radical (unpaired) electrons. The first-order valence-corrected chi connectivity index (χ1v) is 12.5. The van der Waals surface area contributed by atoms with Gasteiger partial charge in [-0.3, -0.25) is 0 Å². The normalized spacial score (nSPS) is 48.3.